The molecule has 0 aliphatic heterocycles. The van der Waals surface area contributed by atoms with Gasteiger partial charge in [-0.3, -0.25) is 4.79 Å². The molecule has 138 valence electrons. The molecule has 0 bridgehead atoms. The third kappa shape index (κ3) is 6.84. The number of ether oxygens (including phenoxy) is 3. The van der Waals surface area contributed by atoms with Gasteiger partial charge in [-0.05, 0) is 13.3 Å². The lowest BCUT2D eigenvalue weighted by Gasteiger charge is -2.23. The molecule has 0 aliphatic carbocycles. The van der Waals surface area contributed by atoms with Crippen LogP contribution < -0.4 is 19.9 Å². The second-order valence-corrected chi connectivity index (χ2v) is 5.66. The van der Waals surface area contributed by atoms with Crippen molar-refractivity contribution < 1.29 is 19.0 Å². The minimum Gasteiger partial charge on any atom is -0.496 e. The van der Waals surface area contributed by atoms with Crippen LogP contribution in [-0.4, -0.2) is 51.3 Å². The van der Waals surface area contributed by atoms with E-state index in [1.807, 2.05) is 13.8 Å². The summed E-state index contributed by atoms with van der Waals surface area (Å²) in [4.78, 5) is 13.8. The molecule has 7 heteroatoms. The van der Waals surface area contributed by atoms with Gasteiger partial charge in [0, 0.05) is 37.8 Å². The Hall–Kier alpha value is -1.66. The number of carbonyl (C=O) groups is 1. The molecule has 0 radical (unpaired) electrons. The quantitative estimate of drug-likeness (QED) is 0.684. The van der Waals surface area contributed by atoms with Crippen LogP contribution in [0.25, 0.3) is 0 Å². The highest BCUT2D eigenvalue weighted by molar-refractivity contribution is 5.85. The summed E-state index contributed by atoms with van der Waals surface area (Å²) >= 11 is 0. The maximum Gasteiger partial charge on any atom is 0.226 e. The summed E-state index contributed by atoms with van der Waals surface area (Å²) in [6, 6.07) is 5.24. The van der Waals surface area contributed by atoms with Gasteiger partial charge in [-0.1, -0.05) is 6.92 Å². The zero-order valence-electron chi connectivity index (χ0n) is 15.1. The summed E-state index contributed by atoms with van der Waals surface area (Å²) in [5.74, 6) is 1.92. The number of amides is 1. The molecule has 0 saturated carbocycles. The van der Waals surface area contributed by atoms with Crippen LogP contribution >= 0.6 is 12.4 Å². The summed E-state index contributed by atoms with van der Waals surface area (Å²) in [6.45, 7) is 4.82. The van der Waals surface area contributed by atoms with Crippen LogP contribution in [0.3, 0.4) is 0 Å². The summed E-state index contributed by atoms with van der Waals surface area (Å²) in [5, 5.41) is 0. The van der Waals surface area contributed by atoms with E-state index in [4.69, 9.17) is 19.9 Å². The average molecular weight is 361 g/mol. The lowest BCUT2D eigenvalue weighted by Crippen LogP contribution is -2.40. The molecular formula is C17H29ClN2O4. The van der Waals surface area contributed by atoms with Gasteiger partial charge < -0.3 is 24.8 Å². The Bertz CT molecular complexity index is 489. The van der Waals surface area contributed by atoms with Crippen LogP contribution in [0.2, 0.25) is 0 Å². The molecule has 0 spiro atoms. The fourth-order valence-electron chi connectivity index (χ4n) is 2.04. The van der Waals surface area contributed by atoms with Gasteiger partial charge in [0.15, 0.2) is 0 Å². The maximum absolute atomic E-state index is 12.1. The number of nitrogens with zero attached hydrogens (tertiary/aromatic N) is 1. The number of rotatable bonds is 9. The molecule has 2 unspecified atom stereocenters. The highest BCUT2D eigenvalue weighted by atomic mass is 35.5. The van der Waals surface area contributed by atoms with Crippen molar-refractivity contribution in [3.63, 3.8) is 0 Å². The van der Waals surface area contributed by atoms with Crippen molar-refractivity contribution in [2.24, 2.45) is 11.7 Å². The van der Waals surface area contributed by atoms with Crippen molar-refractivity contribution in [2.75, 3.05) is 34.4 Å². The Morgan fingerprint density at radius 3 is 2.08 bits per heavy atom. The molecule has 1 rings (SSSR count). The van der Waals surface area contributed by atoms with Crippen LogP contribution in [0.15, 0.2) is 18.2 Å². The Morgan fingerprint density at radius 1 is 1.12 bits per heavy atom. The van der Waals surface area contributed by atoms with E-state index in [0.717, 1.165) is 6.42 Å². The molecule has 1 aromatic rings. The lowest BCUT2D eigenvalue weighted by molar-refractivity contribution is -0.134. The monoisotopic (exact) mass is 360 g/mol. The molecule has 0 aliphatic rings. The van der Waals surface area contributed by atoms with Crippen molar-refractivity contribution in [1.82, 2.24) is 4.90 Å². The van der Waals surface area contributed by atoms with Crippen molar-refractivity contribution >= 4 is 18.3 Å². The first kappa shape index (κ1) is 22.3. The van der Waals surface area contributed by atoms with Gasteiger partial charge in [-0.15, -0.1) is 12.4 Å². The molecule has 2 atom stereocenters. The maximum atomic E-state index is 12.1. The third-order valence-corrected chi connectivity index (χ3v) is 3.79. The summed E-state index contributed by atoms with van der Waals surface area (Å²) in [6.07, 6.45) is 0.730. The van der Waals surface area contributed by atoms with Crippen molar-refractivity contribution in [1.29, 1.82) is 0 Å². The van der Waals surface area contributed by atoms with E-state index in [1.165, 1.54) is 0 Å². The Kier molecular flexibility index (Phi) is 10.2. The largest absolute Gasteiger partial charge is 0.496 e. The predicted molar refractivity (Wildman–Crippen MR) is 97.4 cm³/mol. The van der Waals surface area contributed by atoms with E-state index in [0.29, 0.717) is 30.4 Å². The number of hydrogen-bond acceptors (Lipinski definition) is 5. The van der Waals surface area contributed by atoms with E-state index in [1.54, 1.807) is 44.4 Å². The normalized spacial score (nSPS) is 12.6. The standard InChI is InChI=1S/C17H28N2O4.ClH/c1-12(13(2)18)17(20)19(3)7-6-8-23-16-10-14(21-4)9-15(11-16)22-5;/h9-13H,6-8,18H2,1-5H3;1H. The minimum atomic E-state index is -0.177. The number of carbonyl (C=O) groups excluding carboxylic acids is 1. The molecule has 0 fully saturated rings. The van der Waals surface area contributed by atoms with E-state index in [-0.39, 0.29) is 30.3 Å². The van der Waals surface area contributed by atoms with Crippen LogP contribution in [0.5, 0.6) is 17.2 Å². The first-order chi connectivity index (χ1) is 10.9. The molecule has 0 saturated heterocycles. The van der Waals surface area contributed by atoms with E-state index < -0.39 is 0 Å². The molecule has 2 N–H and O–H groups in total. The molecule has 1 amide bonds. The molecule has 24 heavy (non-hydrogen) atoms. The summed E-state index contributed by atoms with van der Waals surface area (Å²) < 4.78 is 16.1. The van der Waals surface area contributed by atoms with Crippen LogP contribution in [0.1, 0.15) is 20.3 Å². The van der Waals surface area contributed by atoms with Gasteiger partial charge in [0.25, 0.3) is 0 Å². The van der Waals surface area contributed by atoms with Crippen molar-refractivity contribution in [2.45, 2.75) is 26.3 Å². The Morgan fingerprint density at radius 2 is 1.62 bits per heavy atom. The second-order valence-electron chi connectivity index (χ2n) is 5.66. The first-order valence-electron chi connectivity index (χ1n) is 7.75. The van der Waals surface area contributed by atoms with E-state index >= 15 is 0 Å². The molecule has 6 nitrogen and oxygen atoms in total. The fraction of sp³-hybridized carbons (Fsp3) is 0.588. The molecule has 1 aromatic carbocycles. The number of methoxy groups -OCH3 is 2. The third-order valence-electron chi connectivity index (χ3n) is 3.79. The van der Waals surface area contributed by atoms with Crippen molar-refractivity contribution in [3.8, 4) is 17.2 Å². The fourth-order valence-corrected chi connectivity index (χ4v) is 2.04. The highest BCUT2D eigenvalue weighted by Gasteiger charge is 2.20. The lowest BCUT2D eigenvalue weighted by atomic mass is 10.0. The summed E-state index contributed by atoms with van der Waals surface area (Å²) in [5.41, 5.74) is 5.76. The average Bonchev–Trinajstić information content (AvgIpc) is 2.56. The molecule has 0 aromatic heterocycles. The van der Waals surface area contributed by atoms with E-state index in [2.05, 4.69) is 0 Å². The number of benzene rings is 1. The Labute approximate surface area is 150 Å². The number of nitrogens with two attached hydrogens (primary N) is 1. The van der Waals surface area contributed by atoms with Crippen LogP contribution in [-0.2, 0) is 4.79 Å². The smallest absolute Gasteiger partial charge is 0.226 e. The van der Waals surface area contributed by atoms with Crippen LogP contribution in [0, 0.1) is 5.92 Å². The van der Waals surface area contributed by atoms with Gasteiger partial charge in [0.2, 0.25) is 5.91 Å². The number of hydrogen-bond donors (Lipinski definition) is 1. The number of halogens is 1. The van der Waals surface area contributed by atoms with E-state index in [9.17, 15) is 4.79 Å². The van der Waals surface area contributed by atoms with Crippen LogP contribution in [0.4, 0.5) is 0 Å². The Balaban J connectivity index is 0.00000529. The minimum absolute atomic E-state index is 0. The zero-order valence-corrected chi connectivity index (χ0v) is 15.9. The topological polar surface area (TPSA) is 74.0 Å². The predicted octanol–water partition coefficient (Wildman–Crippen LogP) is 2.34. The van der Waals surface area contributed by atoms with Gasteiger partial charge >= 0.3 is 0 Å². The van der Waals surface area contributed by atoms with Gasteiger partial charge in [-0.25, -0.2) is 0 Å². The van der Waals surface area contributed by atoms with Gasteiger partial charge in [0.1, 0.15) is 17.2 Å². The van der Waals surface area contributed by atoms with Gasteiger partial charge in [-0.2, -0.15) is 0 Å². The highest BCUT2D eigenvalue weighted by Crippen LogP contribution is 2.27. The van der Waals surface area contributed by atoms with Gasteiger partial charge in [0.05, 0.1) is 26.7 Å². The molecular weight excluding hydrogens is 332 g/mol. The first-order valence-corrected chi connectivity index (χ1v) is 7.75. The van der Waals surface area contributed by atoms with Crippen molar-refractivity contribution in [3.05, 3.63) is 18.2 Å². The summed E-state index contributed by atoms with van der Waals surface area (Å²) in [7, 11) is 4.98. The molecule has 0 heterocycles. The zero-order chi connectivity index (χ0) is 17.4. The second kappa shape index (κ2) is 11.0. The SMILES string of the molecule is COc1cc(OC)cc(OCCCN(C)C(=O)C(C)C(C)N)c1.Cl.